The van der Waals surface area contributed by atoms with E-state index >= 15 is 0 Å². The number of hydrogen-bond donors (Lipinski definition) is 0. The molecule has 0 spiro atoms. The van der Waals surface area contributed by atoms with Gasteiger partial charge >= 0.3 is 12.1 Å². The molecule has 1 aromatic carbocycles. The molecule has 166 valence electrons. The van der Waals surface area contributed by atoms with E-state index in [0.29, 0.717) is 5.75 Å². The van der Waals surface area contributed by atoms with Gasteiger partial charge in [-0.3, -0.25) is 9.48 Å². The first-order chi connectivity index (χ1) is 13.9. The summed E-state index contributed by atoms with van der Waals surface area (Å²) < 4.78 is 76.2. The first kappa shape index (κ1) is 23.6. The Hall–Kier alpha value is -2.65. The van der Waals surface area contributed by atoms with Gasteiger partial charge in [0.05, 0.1) is 18.2 Å². The van der Waals surface area contributed by atoms with Crippen LogP contribution in [0.1, 0.15) is 42.5 Å². The fourth-order valence-electron chi connectivity index (χ4n) is 2.94. The number of hydrogen-bond acceptors (Lipinski definition) is 4. The molecule has 10 heteroatoms. The zero-order chi connectivity index (χ0) is 22.6. The number of rotatable bonds is 8. The molecule has 30 heavy (non-hydrogen) atoms. The van der Waals surface area contributed by atoms with E-state index in [1.165, 1.54) is 32.0 Å². The number of nitrogens with zero attached hydrogens (tertiary/aromatic N) is 2. The third-order valence-corrected chi connectivity index (χ3v) is 4.23. The van der Waals surface area contributed by atoms with E-state index in [-0.39, 0.29) is 28.6 Å². The van der Waals surface area contributed by atoms with Crippen molar-refractivity contribution in [2.24, 2.45) is 0 Å². The van der Waals surface area contributed by atoms with E-state index in [1.54, 1.807) is 19.9 Å². The summed E-state index contributed by atoms with van der Waals surface area (Å²) in [5.41, 5.74) is 0.601. The average molecular weight is 434 g/mol. The topological polar surface area (TPSA) is 53.4 Å². The maximum Gasteiger partial charge on any atom is 0.408 e. The van der Waals surface area contributed by atoms with Crippen LogP contribution in [0.4, 0.5) is 22.0 Å². The van der Waals surface area contributed by atoms with Gasteiger partial charge in [0.1, 0.15) is 12.3 Å². The van der Waals surface area contributed by atoms with Crippen molar-refractivity contribution < 1.29 is 36.2 Å². The predicted octanol–water partition coefficient (Wildman–Crippen LogP) is 4.94. The summed E-state index contributed by atoms with van der Waals surface area (Å²) in [6.45, 7) is 5.07. The molecule has 1 heterocycles. The minimum atomic E-state index is -4.48. The molecule has 0 aliphatic rings. The molecular formula is C20H23F5N2O3. The molecule has 0 radical (unpaired) electrons. The van der Waals surface area contributed by atoms with E-state index in [4.69, 9.17) is 9.47 Å². The number of halogens is 5. The van der Waals surface area contributed by atoms with Gasteiger partial charge in [-0.2, -0.15) is 18.3 Å². The molecular weight excluding hydrogens is 411 g/mol. The minimum absolute atomic E-state index is 0.0534. The van der Waals surface area contributed by atoms with Gasteiger partial charge in [0.25, 0.3) is 6.43 Å². The molecule has 2 aromatic rings. The lowest BCUT2D eigenvalue weighted by atomic mass is 10.1. The number of carbonyl (C=O) groups excluding carboxylic acids is 1. The van der Waals surface area contributed by atoms with E-state index < -0.39 is 37.6 Å². The molecule has 0 bridgehead atoms. The highest BCUT2D eigenvalue weighted by molar-refractivity contribution is 5.73. The van der Waals surface area contributed by atoms with Gasteiger partial charge in [0.2, 0.25) is 0 Å². The molecule has 0 N–H and O–H groups in total. The minimum Gasteiger partial charge on any atom is -0.491 e. The van der Waals surface area contributed by atoms with Gasteiger partial charge < -0.3 is 9.47 Å². The van der Waals surface area contributed by atoms with Crippen LogP contribution >= 0.6 is 0 Å². The molecule has 0 fully saturated rings. The molecule has 0 amide bonds. The molecule has 0 aliphatic heterocycles. The summed E-state index contributed by atoms with van der Waals surface area (Å²) in [6, 6.07) is 5.85. The van der Waals surface area contributed by atoms with Crippen LogP contribution in [0.5, 0.6) is 5.75 Å². The largest absolute Gasteiger partial charge is 0.491 e. The summed E-state index contributed by atoms with van der Waals surface area (Å²) in [5.74, 6) is -0.641. The maximum atomic E-state index is 13.6. The van der Waals surface area contributed by atoms with Gasteiger partial charge in [-0.15, -0.1) is 0 Å². The molecule has 0 aliphatic carbocycles. The lowest BCUT2D eigenvalue weighted by Gasteiger charge is -2.19. The van der Waals surface area contributed by atoms with Crippen molar-refractivity contribution in [3.8, 4) is 5.75 Å². The van der Waals surface area contributed by atoms with Gasteiger partial charge in [-0.25, -0.2) is 8.78 Å². The highest BCUT2D eigenvalue weighted by Gasteiger charge is 2.31. The molecule has 1 atom stereocenters. The molecule has 1 aromatic heterocycles. The fourth-order valence-corrected chi connectivity index (χ4v) is 2.94. The van der Waals surface area contributed by atoms with Crippen molar-refractivity contribution in [3.63, 3.8) is 0 Å². The second-order valence-corrected chi connectivity index (χ2v) is 7.08. The number of aryl methyl sites for hydroxylation is 1. The summed E-state index contributed by atoms with van der Waals surface area (Å²) in [6.07, 6.45) is -9.96. The Kier molecular flexibility index (Phi) is 7.44. The van der Waals surface area contributed by atoms with Crippen molar-refractivity contribution in [2.45, 2.75) is 65.5 Å². The smallest absolute Gasteiger partial charge is 0.408 e. The Labute approximate surface area is 170 Å². The van der Waals surface area contributed by atoms with E-state index in [9.17, 15) is 26.7 Å². The van der Waals surface area contributed by atoms with Crippen LogP contribution < -0.4 is 4.74 Å². The number of ether oxygens (including phenoxy) is 2. The van der Waals surface area contributed by atoms with Gasteiger partial charge in [0, 0.05) is 16.8 Å². The lowest BCUT2D eigenvalue weighted by molar-refractivity contribution is -0.157. The Balaban J connectivity index is 2.17. The average Bonchev–Trinajstić information content (AvgIpc) is 2.85. The molecule has 0 saturated heterocycles. The molecule has 0 unspecified atom stereocenters. The summed E-state index contributed by atoms with van der Waals surface area (Å²) >= 11 is 0. The van der Waals surface area contributed by atoms with Crippen LogP contribution in [0, 0.1) is 13.8 Å². The Morgan fingerprint density at radius 1 is 1.20 bits per heavy atom. The van der Waals surface area contributed by atoms with Crippen molar-refractivity contribution in [3.05, 3.63) is 46.8 Å². The number of aromatic nitrogens is 2. The number of benzene rings is 1. The first-order valence-electron chi connectivity index (χ1n) is 9.21. The van der Waals surface area contributed by atoms with Crippen molar-refractivity contribution in [2.75, 3.05) is 0 Å². The molecule has 5 nitrogen and oxygen atoms in total. The Bertz CT molecular complexity index is 878. The fraction of sp³-hybridized carbons (Fsp3) is 0.500. The zero-order valence-electron chi connectivity index (χ0n) is 17.0. The molecule has 2 rings (SSSR count). The first-order valence-corrected chi connectivity index (χ1v) is 9.21. The second-order valence-electron chi connectivity index (χ2n) is 7.08. The summed E-state index contributed by atoms with van der Waals surface area (Å²) in [4.78, 5) is 12.3. The third-order valence-electron chi connectivity index (χ3n) is 4.23. The van der Waals surface area contributed by atoms with Crippen molar-refractivity contribution in [1.82, 2.24) is 9.78 Å². The quantitative estimate of drug-likeness (QED) is 0.436. The number of carbonyl (C=O) groups is 1. The van der Waals surface area contributed by atoms with Gasteiger partial charge in [-0.05, 0) is 39.8 Å². The lowest BCUT2D eigenvalue weighted by Crippen LogP contribution is -2.21. The highest BCUT2D eigenvalue weighted by atomic mass is 19.4. The third kappa shape index (κ3) is 6.43. The predicted molar refractivity (Wildman–Crippen MR) is 98.5 cm³/mol. The number of esters is 1. The second kappa shape index (κ2) is 9.44. The number of alkyl halides is 5. The monoisotopic (exact) mass is 434 g/mol. The van der Waals surface area contributed by atoms with Crippen LogP contribution in [0.3, 0.4) is 0 Å². The van der Waals surface area contributed by atoms with E-state index in [2.05, 4.69) is 5.10 Å². The van der Waals surface area contributed by atoms with Gasteiger partial charge in [0.15, 0.2) is 6.10 Å². The maximum absolute atomic E-state index is 13.6. The van der Waals surface area contributed by atoms with Crippen LogP contribution in [0.25, 0.3) is 0 Å². The van der Waals surface area contributed by atoms with E-state index in [1.807, 2.05) is 0 Å². The van der Waals surface area contributed by atoms with Crippen LogP contribution in [-0.4, -0.2) is 34.5 Å². The van der Waals surface area contributed by atoms with Crippen LogP contribution in [0.15, 0.2) is 24.3 Å². The molecule has 0 saturated carbocycles. The Morgan fingerprint density at radius 3 is 2.43 bits per heavy atom. The SMILES string of the molecule is Cc1nn(CC(F)(F)F)c(C)c1CC(=O)O[C@@H](c1cccc(OC(C)C)c1)C(F)F. The highest BCUT2D eigenvalue weighted by Crippen LogP contribution is 2.29. The van der Waals surface area contributed by atoms with Crippen LogP contribution in [-0.2, 0) is 22.5 Å². The standard InChI is InChI=1S/C20H23F5N2O3/c1-11(2)29-15-7-5-6-14(8-15)18(19(21)22)30-17(28)9-16-12(3)26-27(13(16)4)10-20(23,24)25/h5-8,11,18-19H,9-10H2,1-4H3/t18-/m0/s1. The van der Waals surface area contributed by atoms with E-state index in [0.717, 1.165) is 4.68 Å². The van der Waals surface area contributed by atoms with Gasteiger partial charge in [-0.1, -0.05) is 12.1 Å². The summed E-state index contributed by atoms with van der Waals surface area (Å²) in [7, 11) is 0. The Morgan fingerprint density at radius 2 is 1.87 bits per heavy atom. The zero-order valence-corrected chi connectivity index (χ0v) is 17.0. The summed E-state index contributed by atoms with van der Waals surface area (Å²) in [5, 5.41) is 3.78. The normalized spacial score (nSPS) is 13.0. The van der Waals surface area contributed by atoms with Crippen molar-refractivity contribution in [1.29, 1.82) is 0 Å². The van der Waals surface area contributed by atoms with Crippen LogP contribution in [0.2, 0.25) is 0 Å². The van der Waals surface area contributed by atoms with Crippen molar-refractivity contribution >= 4 is 5.97 Å².